The Balaban J connectivity index is 1.33. The fourth-order valence-corrected chi connectivity index (χ4v) is 5.30. The average Bonchev–Trinajstić information content (AvgIpc) is 3.46. The van der Waals surface area contributed by atoms with Crippen LogP contribution < -0.4 is 10.6 Å². The van der Waals surface area contributed by atoms with E-state index < -0.39 is 6.04 Å². The summed E-state index contributed by atoms with van der Waals surface area (Å²) < 4.78 is 1.01. The van der Waals surface area contributed by atoms with E-state index in [0.717, 1.165) is 42.3 Å². The molecule has 7 nitrogen and oxygen atoms in total. The maximum Gasteiger partial charge on any atom is 0.248 e. The van der Waals surface area contributed by atoms with Crippen LogP contribution in [0, 0.1) is 5.92 Å². The highest BCUT2D eigenvalue weighted by Gasteiger charge is 2.35. The number of amides is 3. The molecule has 2 N–H and O–H groups in total. The Labute approximate surface area is 180 Å². The van der Waals surface area contributed by atoms with E-state index in [1.807, 2.05) is 31.2 Å². The average molecular weight is 429 g/mol. The number of hydrogen-bond donors (Lipinski definition) is 2. The third kappa shape index (κ3) is 4.64. The van der Waals surface area contributed by atoms with Gasteiger partial charge in [0, 0.05) is 24.9 Å². The number of anilines is 1. The maximum absolute atomic E-state index is 12.8. The summed E-state index contributed by atoms with van der Waals surface area (Å²) in [6.45, 7) is 2.43. The minimum absolute atomic E-state index is 0.0550. The van der Waals surface area contributed by atoms with Gasteiger partial charge in [-0.05, 0) is 44.7 Å². The van der Waals surface area contributed by atoms with Crippen molar-refractivity contribution in [3.63, 3.8) is 0 Å². The second kappa shape index (κ2) is 9.12. The van der Waals surface area contributed by atoms with Gasteiger partial charge in [-0.2, -0.15) is 0 Å². The molecule has 2 heterocycles. The minimum Gasteiger partial charge on any atom is -0.353 e. The van der Waals surface area contributed by atoms with Gasteiger partial charge >= 0.3 is 0 Å². The van der Waals surface area contributed by atoms with Gasteiger partial charge in [-0.3, -0.25) is 14.4 Å². The molecule has 30 heavy (non-hydrogen) atoms. The quantitative estimate of drug-likeness (QED) is 0.738. The molecule has 2 aromatic rings. The topological polar surface area (TPSA) is 91.4 Å². The molecular formula is C22H28N4O3S. The molecule has 0 radical (unpaired) electrons. The van der Waals surface area contributed by atoms with Gasteiger partial charge in [0.05, 0.1) is 10.2 Å². The number of nitrogens with one attached hydrogen (secondary N) is 2. The molecule has 0 bridgehead atoms. The van der Waals surface area contributed by atoms with Gasteiger partial charge in [0.2, 0.25) is 17.7 Å². The summed E-state index contributed by atoms with van der Waals surface area (Å²) in [4.78, 5) is 44.1. The van der Waals surface area contributed by atoms with Crippen LogP contribution in [0.1, 0.15) is 51.9 Å². The number of carbonyl (C=O) groups excluding carboxylic acids is 3. The van der Waals surface area contributed by atoms with Crippen LogP contribution in [0.3, 0.4) is 0 Å². The van der Waals surface area contributed by atoms with Crippen molar-refractivity contribution in [2.24, 2.45) is 5.92 Å². The van der Waals surface area contributed by atoms with E-state index in [4.69, 9.17) is 0 Å². The summed E-state index contributed by atoms with van der Waals surface area (Å²) in [5.41, 5.74) is 0.851. The molecular weight excluding hydrogens is 400 g/mol. The number of hydrogen-bond acceptors (Lipinski definition) is 5. The van der Waals surface area contributed by atoms with Gasteiger partial charge in [-0.1, -0.05) is 36.3 Å². The standard InChI is InChI=1S/C22H28N4O3S/c1-14(23-20(28)15-7-2-3-8-15)13-19(27)26-12-6-10-17(26)21(29)25-22-24-16-9-4-5-11-18(16)30-22/h4-5,9,11,14-15,17H,2-3,6-8,10,12-13H2,1H3,(H,23,28)(H,24,25,29). The van der Waals surface area contributed by atoms with E-state index in [0.29, 0.717) is 18.1 Å². The zero-order valence-corrected chi connectivity index (χ0v) is 18.0. The number of benzene rings is 1. The molecule has 1 saturated carbocycles. The number of carbonyl (C=O) groups is 3. The molecule has 3 amide bonds. The van der Waals surface area contributed by atoms with Crippen LogP contribution in [-0.2, 0) is 14.4 Å². The summed E-state index contributed by atoms with van der Waals surface area (Å²) in [6, 6.07) is 7.01. The Kier molecular flexibility index (Phi) is 6.32. The summed E-state index contributed by atoms with van der Waals surface area (Å²) in [5, 5.41) is 6.42. The SMILES string of the molecule is CC(CC(=O)N1CCCC1C(=O)Nc1nc2ccccc2s1)NC(=O)C1CCCC1. The van der Waals surface area contributed by atoms with Gasteiger partial charge in [0.25, 0.3) is 0 Å². The molecule has 2 aliphatic rings. The molecule has 1 aromatic carbocycles. The number of thiazole rings is 1. The smallest absolute Gasteiger partial charge is 0.248 e. The third-order valence-electron chi connectivity index (χ3n) is 6.00. The summed E-state index contributed by atoms with van der Waals surface area (Å²) in [6.07, 6.45) is 5.73. The lowest BCUT2D eigenvalue weighted by molar-refractivity contribution is -0.137. The van der Waals surface area contributed by atoms with Crippen LogP contribution in [0.2, 0.25) is 0 Å². The molecule has 2 fully saturated rings. The Morgan fingerprint density at radius 2 is 1.90 bits per heavy atom. The predicted molar refractivity (Wildman–Crippen MR) is 117 cm³/mol. The van der Waals surface area contributed by atoms with Crippen molar-refractivity contribution in [1.29, 1.82) is 0 Å². The van der Waals surface area contributed by atoms with E-state index in [1.165, 1.54) is 11.3 Å². The lowest BCUT2D eigenvalue weighted by Crippen LogP contribution is -2.46. The third-order valence-corrected chi connectivity index (χ3v) is 6.95. The molecule has 2 unspecified atom stereocenters. The largest absolute Gasteiger partial charge is 0.353 e. The van der Waals surface area contributed by atoms with Gasteiger partial charge in [-0.15, -0.1) is 0 Å². The molecule has 4 rings (SSSR count). The lowest BCUT2D eigenvalue weighted by atomic mass is 10.1. The van der Waals surface area contributed by atoms with Crippen molar-refractivity contribution < 1.29 is 14.4 Å². The van der Waals surface area contributed by atoms with E-state index in [-0.39, 0.29) is 36.1 Å². The van der Waals surface area contributed by atoms with Gasteiger partial charge < -0.3 is 15.5 Å². The Hall–Kier alpha value is -2.48. The predicted octanol–water partition coefficient (Wildman–Crippen LogP) is 3.31. The second-order valence-corrected chi connectivity index (χ2v) is 9.35. The summed E-state index contributed by atoms with van der Waals surface area (Å²) in [5.74, 6) is -0.139. The number of para-hydroxylation sites is 1. The Morgan fingerprint density at radius 1 is 1.13 bits per heavy atom. The normalized spacial score (nSPS) is 20.4. The number of nitrogens with zero attached hydrogens (tertiary/aromatic N) is 2. The highest BCUT2D eigenvalue weighted by atomic mass is 32.1. The molecule has 160 valence electrons. The number of aromatic nitrogens is 1. The molecule has 1 aliphatic carbocycles. The molecule has 8 heteroatoms. The first-order valence-electron chi connectivity index (χ1n) is 10.8. The maximum atomic E-state index is 12.8. The molecule has 1 saturated heterocycles. The van der Waals surface area contributed by atoms with E-state index in [9.17, 15) is 14.4 Å². The zero-order chi connectivity index (χ0) is 21.1. The first-order chi connectivity index (χ1) is 14.5. The van der Waals surface area contributed by atoms with Crippen LogP contribution in [0.4, 0.5) is 5.13 Å². The summed E-state index contributed by atoms with van der Waals surface area (Å²) in [7, 11) is 0. The fourth-order valence-electron chi connectivity index (χ4n) is 4.43. The number of rotatable bonds is 6. The van der Waals surface area contributed by atoms with Gasteiger partial charge in [0.15, 0.2) is 5.13 Å². The summed E-state index contributed by atoms with van der Waals surface area (Å²) >= 11 is 1.43. The van der Waals surface area contributed by atoms with Crippen LogP contribution in [-0.4, -0.2) is 46.2 Å². The van der Waals surface area contributed by atoms with Crippen molar-refractivity contribution in [1.82, 2.24) is 15.2 Å². The zero-order valence-electron chi connectivity index (χ0n) is 17.2. The Bertz CT molecular complexity index is 904. The van der Waals surface area contributed by atoms with Crippen LogP contribution in [0.25, 0.3) is 10.2 Å². The minimum atomic E-state index is -0.484. The molecule has 1 aliphatic heterocycles. The first kappa shape index (κ1) is 20.8. The molecule has 1 aromatic heterocycles. The highest BCUT2D eigenvalue weighted by molar-refractivity contribution is 7.22. The van der Waals surface area contributed by atoms with Gasteiger partial charge in [0.1, 0.15) is 6.04 Å². The number of fused-ring (bicyclic) bond motifs is 1. The van der Waals surface area contributed by atoms with E-state index in [2.05, 4.69) is 15.6 Å². The van der Waals surface area contributed by atoms with Crippen molar-refractivity contribution in [2.45, 2.75) is 64.0 Å². The second-order valence-electron chi connectivity index (χ2n) is 8.32. The van der Waals surface area contributed by atoms with Crippen LogP contribution in [0.15, 0.2) is 24.3 Å². The van der Waals surface area contributed by atoms with Crippen molar-refractivity contribution in [3.05, 3.63) is 24.3 Å². The van der Waals surface area contributed by atoms with Gasteiger partial charge in [-0.25, -0.2) is 4.98 Å². The van der Waals surface area contributed by atoms with Crippen molar-refractivity contribution >= 4 is 44.4 Å². The van der Waals surface area contributed by atoms with Crippen molar-refractivity contribution in [2.75, 3.05) is 11.9 Å². The van der Waals surface area contributed by atoms with Crippen LogP contribution in [0.5, 0.6) is 0 Å². The molecule has 0 spiro atoms. The number of likely N-dealkylation sites (tertiary alicyclic amines) is 1. The van der Waals surface area contributed by atoms with E-state index >= 15 is 0 Å². The van der Waals surface area contributed by atoms with Crippen molar-refractivity contribution in [3.8, 4) is 0 Å². The fraction of sp³-hybridized carbons (Fsp3) is 0.545. The van der Waals surface area contributed by atoms with E-state index in [1.54, 1.807) is 4.90 Å². The van der Waals surface area contributed by atoms with Crippen LogP contribution >= 0.6 is 11.3 Å². The Morgan fingerprint density at radius 3 is 2.67 bits per heavy atom. The first-order valence-corrected chi connectivity index (χ1v) is 11.6. The highest BCUT2D eigenvalue weighted by Crippen LogP contribution is 2.27. The monoisotopic (exact) mass is 428 g/mol. The lowest BCUT2D eigenvalue weighted by Gasteiger charge is -2.25. The molecule has 2 atom stereocenters.